The lowest BCUT2D eigenvalue weighted by molar-refractivity contribution is 0.127. The van der Waals surface area contributed by atoms with Gasteiger partial charge in [-0.15, -0.1) is 0 Å². The van der Waals surface area contributed by atoms with Crippen LogP contribution in [0, 0.1) is 5.92 Å². The molecule has 0 radical (unpaired) electrons. The summed E-state index contributed by atoms with van der Waals surface area (Å²) in [6, 6.07) is 0. The van der Waals surface area contributed by atoms with Crippen LogP contribution in [0.2, 0.25) is 0 Å². The van der Waals surface area contributed by atoms with Crippen molar-refractivity contribution in [1.82, 2.24) is 10.2 Å². The molecule has 0 saturated carbocycles. The highest BCUT2D eigenvalue weighted by atomic mass is 15.2. The topological polar surface area (TPSA) is 15.3 Å². The minimum atomic E-state index is 0.454. The number of nitrogens with one attached hydrogen (secondary N) is 1. The van der Waals surface area contributed by atoms with Crippen molar-refractivity contribution in [3.63, 3.8) is 0 Å². The zero-order valence-corrected chi connectivity index (χ0v) is 11.1. The molecule has 0 aromatic heterocycles. The average molecular weight is 224 g/mol. The zero-order chi connectivity index (χ0) is 11.4. The molecule has 2 heterocycles. The van der Waals surface area contributed by atoms with E-state index in [-0.39, 0.29) is 0 Å². The van der Waals surface area contributed by atoms with Crippen LogP contribution in [0.25, 0.3) is 0 Å². The number of likely N-dealkylation sites (tertiary alicyclic amines) is 1. The highest BCUT2D eigenvalue weighted by Crippen LogP contribution is 2.27. The number of rotatable bonds is 4. The predicted octanol–water partition coefficient (Wildman–Crippen LogP) is 2.64. The molecular formula is C14H28N2. The molecule has 2 nitrogen and oxygen atoms in total. The molecule has 0 aromatic rings. The molecule has 0 spiro atoms. The first-order chi connectivity index (χ1) is 7.78. The predicted molar refractivity (Wildman–Crippen MR) is 69.7 cm³/mol. The number of hydrogen-bond donors (Lipinski definition) is 1. The largest absolute Gasteiger partial charge is 0.310 e. The standard InChI is InChI=1S/C14H28N2/c1-3-13-7-5-10-16(11-13)12-14(4-2)8-6-9-15-14/h13,15H,3-12H2,1-2H3. The van der Waals surface area contributed by atoms with Crippen molar-refractivity contribution in [2.45, 2.75) is 57.9 Å². The summed E-state index contributed by atoms with van der Waals surface area (Å²) in [6.07, 6.45) is 8.29. The van der Waals surface area contributed by atoms with E-state index in [0.29, 0.717) is 5.54 Å². The molecule has 1 N–H and O–H groups in total. The Morgan fingerprint density at radius 3 is 2.81 bits per heavy atom. The van der Waals surface area contributed by atoms with Gasteiger partial charge < -0.3 is 10.2 Å². The molecule has 0 bridgehead atoms. The Balaban J connectivity index is 1.87. The summed E-state index contributed by atoms with van der Waals surface area (Å²) < 4.78 is 0. The van der Waals surface area contributed by atoms with E-state index in [2.05, 4.69) is 24.1 Å². The van der Waals surface area contributed by atoms with Gasteiger partial charge in [-0.3, -0.25) is 0 Å². The fourth-order valence-electron chi connectivity index (χ4n) is 3.47. The van der Waals surface area contributed by atoms with Gasteiger partial charge in [-0.2, -0.15) is 0 Å². The van der Waals surface area contributed by atoms with Crippen molar-refractivity contribution in [2.75, 3.05) is 26.2 Å². The second kappa shape index (κ2) is 5.50. The maximum atomic E-state index is 3.76. The molecule has 16 heavy (non-hydrogen) atoms. The highest BCUT2D eigenvalue weighted by Gasteiger charge is 2.34. The molecule has 0 aromatic carbocycles. The molecule has 2 unspecified atom stereocenters. The van der Waals surface area contributed by atoms with Crippen LogP contribution in [0.3, 0.4) is 0 Å². The fraction of sp³-hybridized carbons (Fsp3) is 1.00. The van der Waals surface area contributed by atoms with Gasteiger partial charge in [0.15, 0.2) is 0 Å². The van der Waals surface area contributed by atoms with Crippen molar-refractivity contribution >= 4 is 0 Å². The third-order valence-corrected chi connectivity index (χ3v) is 4.72. The highest BCUT2D eigenvalue weighted by molar-refractivity contribution is 4.95. The van der Waals surface area contributed by atoms with E-state index in [9.17, 15) is 0 Å². The van der Waals surface area contributed by atoms with Crippen LogP contribution < -0.4 is 5.32 Å². The first-order valence-corrected chi connectivity index (χ1v) is 7.25. The molecular weight excluding hydrogens is 196 g/mol. The summed E-state index contributed by atoms with van der Waals surface area (Å²) >= 11 is 0. The molecule has 2 heteroatoms. The first-order valence-electron chi connectivity index (χ1n) is 7.25. The zero-order valence-electron chi connectivity index (χ0n) is 11.1. The third kappa shape index (κ3) is 2.78. The van der Waals surface area contributed by atoms with Crippen molar-refractivity contribution in [3.05, 3.63) is 0 Å². The van der Waals surface area contributed by atoms with Gasteiger partial charge in [-0.05, 0) is 51.1 Å². The molecule has 94 valence electrons. The van der Waals surface area contributed by atoms with Gasteiger partial charge in [-0.25, -0.2) is 0 Å². The van der Waals surface area contributed by atoms with Crippen LogP contribution in [0.15, 0.2) is 0 Å². The van der Waals surface area contributed by atoms with E-state index in [1.807, 2.05) is 0 Å². The van der Waals surface area contributed by atoms with Crippen molar-refractivity contribution < 1.29 is 0 Å². The van der Waals surface area contributed by atoms with Gasteiger partial charge in [0.05, 0.1) is 0 Å². The van der Waals surface area contributed by atoms with Gasteiger partial charge >= 0.3 is 0 Å². The Morgan fingerprint density at radius 2 is 2.19 bits per heavy atom. The van der Waals surface area contributed by atoms with E-state index >= 15 is 0 Å². The molecule has 2 atom stereocenters. The molecule has 2 aliphatic rings. The normalized spacial score (nSPS) is 36.8. The molecule has 2 saturated heterocycles. The van der Waals surface area contributed by atoms with E-state index in [1.165, 1.54) is 64.7 Å². The van der Waals surface area contributed by atoms with Crippen LogP contribution >= 0.6 is 0 Å². The summed E-state index contributed by atoms with van der Waals surface area (Å²) in [7, 11) is 0. The summed E-state index contributed by atoms with van der Waals surface area (Å²) in [5.41, 5.74) is 0.454. The van der Waals surface area contributed by atoms with Crippen LogP contribution in [-0.2, 0) is 0 Å². The van der Waals surface area contributed by atoms with Crippen LogP contribution in [-0.4, -0.2) is 36.6 Å². The lowest BCUT2D eigenvalue weighted by Crippen LogP contribution is -2.51. The fourth-order valence-corrected chi connectivity index (χ4v) is 3.47. The lowest BCUT2D eigenvalue weighted by atomic mass is 9.90. The van der Waals surface area contributed by atoms with Crippen molar-refractivity contribution in [3.8, 4) is 0 Å². The Morgan fingerprint density at radius 1 is 1.31 bits per heavy atom. The smallest absolute Gasteiger partial charge is 0.0306 e. The molecule has 0 amide bonds. The quantitative estimate of drug-likeness (QED) is 0.790. The van der Waals surface area contributed by atoms with Gasteiger partial charge in [0.1, 0.15) is 0 Å². The maximum absolute atomic E-state index is 3.76. The van der Waals surface area contributed by atoms with Gasteiger partial charge in [0, 0.05) is 18.6 Å². The molecule has 0 aliphatic carbocycles. The van der Waals surface area contributed by atoms with Crippen LogP contribution in [0.5, 0.6) is 0 Å². The minimum Gasteiger partial charge on any atom is -0.310 e. The SMILES string of the molecule is CCC1CCCN(CC2(CC)CCCN2)C1. The first kappa shape index (κ1) is 12.4. The van der Waals surface area contributed by atoms with Crippen LogP contribution in [0.4, 0.5) is 0 Å². The van der Waals surface area contributed by atoms with E-state index in [1.54, 1.807) is 0 Å². The van der Waals surface area contributed by atoms with E-state index < -0.39 is 0 Å². The Kier molecular flexibility index (Phi) is 4.26. The second-order valence-corrected chi connectivity index (χ2v) is 5.82. The average Bonchev–Trinajstić information content (AvgIpc) is 2.78. The number of nitrogens with zero attached hydrogens (tertiary/aromatic N) is 1. The van der Waals surface area contributed by atoms with Crippen molar-refractivity contribution in [2.24, 2.45) is 5.92 Å². The summed E-state index contributed by atoms with van der Waals surface area (Å²) in [5.74, 6) is 0.962. The van der Waals surface area contributed by atoms with Crippen molar-refractivity contribution in [1.29, 1.82) is 0 Å². The number of hydrogen-bond acceptors (Lipinski definition) is 2. The Bertz CT molecular complexity index is 209. The number of piperidine rings is 1. The minimum absolute atomic E-state index is 0.454. The third-order valence-electron chi connectivity index (χ3n) is 4.72. The lowest BCUT2D eigenvalue weighted by Gasteiger charge is -2.39. The maximum Gasteiger partial charge on any atom is 0.0306 e. The molecule has 2 rings (SSSR count). The van der Waals surface area contributed by atoms with E-state index in [4.69, 9.17) is 0 Å². The van der Waals surface area contributed by atoms with Gasteiger partial charge in [0.25, 0.3) is 0 Å². The molecule has 2 fully saturated rings. The molecule has 2 aliphatic heterocycles. The van der Waals surface area contributed by atoms with Crippen LogP contribution in [0.1, 0.15) is 52.4 Å². The van der Waals surface area contributed by atoms with E-state index in [0.717, 1.165) is 5.92 Å². The second-order valence-electron chi connectivity index (χ2n) is 5.82. The Labute approximate surface area is 101 Å². The van der Waals surface area contributed by atoms with Gasteiger partial charge in [-0.1, -0.05) is 20.3 Å². The summed E-state index contributed by atoms with van der Waals surface area (Å²) in [5, 5.41) is 3.76. The summed E-state index contributed by atoms with van der Waals surface area (Å²) in [6.45, 7) is 9.90. The monoisotopic (exact) mass is 224 g/mol. The van der Waals surface area contributed by atoms with Gasteiger partial charge in [0.2, 0.25) is 0 Å². The Hall–Kier alpha value is -0.0800. The summed E-state index contributed by atoms with van der Waals surface area (Å²) in [4.78, 5) is 2.72.